The van der Waals surface area contributed by atoms with Crippen molar-refractivity contribution in [2.24, 2.45) is 0 Å². The molecular formula is C18H18N2O4. The van der Waals surface area contributed by atoms with Crippen LogP contribution in [0.4, 0.5) is 11.4 Å². The number of hydrogen-bond donors (Lipinski definition) is 0. The summed E-state index contributed by atoms with van der Waals surface area (Å²) in [5, 5.41) is 11.5. The van der Waals surface area contributed by atoms with E-state index in [-0.39, 0.29) is 17.6 Å². The summed E-state index contributed by atoms with van der Waals surface area (Å²) >= 11 is 0. The van der Waals surface area contributed by atoms with Gasteiger partial charge in [0, 0.05) is 30.3 Å². The Kier molecular flexibility index (Phi) is 4.57. The van der Waals surface area contributed by atoms with E-state index >= 15 is 0 Å². The zero-order valence-electron chi connectivity index (χ0n) is 13.3. The quantitative estimate of drug-likeness (QED) is 0.490. The summed E-state index contributed by atoms with van der Waals surface area (Å²) in [6.45, 7) is 3.65. The molecule has 6 nitrogen and oxygen atoms in total. The Morgan fingerprint density at radius 3 is 2.62 bits per heavy atom. The van der Waals surface area contributed by atoms with Crippen LogP contribution in [0.5, 0.6) is 0 Å². The smallest absolute Gasteiger partial charge is 0.293 e. The molecule has 3 rings (SSSR count). The van der Waals surface area contributed by atoms with Gasteiger partial charge < -0.3 is 9.64 Å². The molecule has 1 aliphatic heterocycles. The number of morpholine rings is 1. The summed E-state index contributed by atoms with van der Waals surface area (Å²) < 4.78 is 5.48. The molecule has 2 aromatic rings. The minimum atomic E-state index is -0.433. The van der Waals surface area contributed by atoms with Crippen LogP contribution in [0.25, 0.3) is 0 Å². The van der Waals surface area contributed by atoms with Crippen LogP contribution >= 0.6 is 0 Å². The fourth-order valence-electron chi connectivity index (χ4n) is 2.87. The summed E-state index contributed by atoms with van der Waals surface area (Å²) in [4.78, 5) is 25.5. The number of hydrogen-bond acceptors (Lipinski definition) is 5. The van der Waals surface area contributed by atoms with Gasteiger partial charge in [-0.3, -0.25) is 14.9 Å². The molecule has 24 heavy (non-hydrogen) atoms. The number of carbonyl (C=O) groups excluding carboxylic acids is 1. The Labute approximate surface area is 139 Å². The average molecular weight is 326 g/mol. The van der Waals surface area contributed by atoms with E-state index in [1.807, 2.05) is 17.9 Å². The lowest BCUT2D eigenvalue weighted by Gasteiger charge is -2.32. The molecule has 1 atom stereocenters. The van der Waals surface area contributed by atoms with E-state index in [0.717, 1.165) is 0 Å². The van der Waals surface area contributed by atoms with Gasteiger partial charge in [-0.05, 0) is 19.1 Å². The van der Waals surface area contributed by atoms with Crippen molar-refractivity contribution in [3.63, 3.8) is 0 Å². The fraction of sp³-hybridized carbons (Fsp3) is 0.278. The van der Waals surface area contributed by atoms with Crippen molar-refractivity contribution in [3.05, 3.63) is 69.8 Å². The number of anilines is 1. The first kappa shape index (κ1) is 16.1. The maximum atomic E-state index is 12.5. The van der Waals surface area contributed by atoms with Crippen LogP contribution < -0.4 is 4.90 Å². The monoisotopic (exact) mass is 326 g/mol. The van der Waals surface area contributed by atoms with Gasteiger partial charge >= 0.3 is 0 Å². The second-order valence-electron chi connectivity index (χ2n) is 5.78. The van der Waals surface area contributed by atoms with Crippen LogP contribution in [0, 0.1) is 10.1 Å². The van der Waals surface area contributed by atoms with Crippen LogP contribution in [-0.2, 0) is 4.74 Å². The highest BCUT2D eigenvalue weighted by Crippen LogP contribution is 2.31. The third kappa shape index (κ3) is 3.28. The second kappa shape index (κ2) is 6.80. The van der Waals surface area contributed by atoms with E-state index < -0.39 is 4.92 Å². The molecule has 124 valence electrons. The molecule has 0 radical (unpaired) electrons. The van der Waals surface area contributed by atoms with E-state index in [0.29, 0.717) is 36.5 Å². The predicted octanol–water partition coefficient (Wildman–Crippen LogP) is 3.05. The number of ether oxygens (including phenoxy) is 1. The van der Waals surface area contributed by atoms with E-state index in [1.165, 1.54) is 6.07 Å². The Bertz CT molecular complexity index is 761. The van der Waals surface area contributed by atoms with Gasteiger partial charge in [-0.15, -0.1) is 0 Å². The van der Waals surface area contributed by atoms with Crippen LogP contribution in [0.3, 0.4) is 0 Å². The summed E-state index contributed by atoms with van der Waals surface area (Å²) in [6.07, 6.45) is 0.0176. The molecule has 0 saturated carbocycles. The third-order valence-corrected chi connectivity index (χ3v) is 4.05. The van der Waals surface area contributed by atoms with Gasteiger partial charge in [-0.1, -0.05) is 30.3 Å². The SMILES string of the molecule is CC1CN(c2ccc(C(=O)c3ccccc3)cc2[N+](=O)[O-])CCO1. The van der Waals surface area contributed by atoms with Gasteiger partial charge in [0.15, 0.2) is 5.78 Å². The molecule has 0 amide bonds. The normalized spacial score (nSPS) is 17.5. The first-order valence-electron chi connectivity index (χ1n) is 7.81. The van der Waals surface area contributed by atoms with Crippen LogP contribution in [0.2, 0.25) is 0 Å². The molecule has 6 heteroatoms. The number of nitro benzene ring substituents is 1. The summed E-state index contributed by atoms with van der Waals surface area (Å²) in [5.74, 6) is -0.222. The zero-order valence-corrected chi connectivity index (χ0v) is 13.3. The minimum Gasteiger partial charge on any atom is -0.375 e. The molecule has 1 fully saturated rings. The van der Waals surface area contributed by atoms with E-state index in [4.69, 9.17) is 4.74 Å². The van der Waals surface area contributed by atoms with Crippen molar-refractivity contribution in [1.29, 1.82) is 0 Å². The Hall–Kier alpha value is -2.73. The predicted molar refractivity (Wildman–Crippen MR) is 90.6 cm³/mol. The molecule has 1 heterocycles. The first-order chi connectivity index (χ1) is 11.6. The molecule has 1 aliphatic rings. The lowest BCUT2D eigenvalue weighted by atomic mass is 10.0. The minimum absolute atomic E-state index is 0.0176. The highest BCUT2D eigenvalue weighted by molar-refractivity contribution is 6.09. The number of nitrogens with zero attached hydrogens (tertiary/aromatic N) is 2. The van der Waals surface area contributed by atoms with Crippen molar-refractivity contribution in [3.8, 4) is 0 Å². The molecule has 2 aromatic carbocycles. The lowest BCUT2D eigenvalue weighted by Crippen LogP contribution is -2.41. The van der Waals surface area contributed by atoms with Crippen LogP contribution in [-0.4, -0.2) is 36.5 Å². The van der Waals surface area contributed by atoms with Gasteiger partial charge in [0.25, 0.3) is 5.69 Å². The highest BCUT2D eigenvalue weighted by Gasteiger charge is 2.25. The van der Waals surface area contributed by atoms with E-state index in [2.05, 4.69) is 0 Å². The molecule has 0 spiro atoms. The number of carbonyl (C=O) groups is 1. The average Bonchev–Trinajstić information content (AvgIpc) is 2.61. The maximum absolute atomic E-state index is 12.5. The van der Waals surface area contributed by atoms with Gasteiger partial charge in [-0.25, -0.2) is 0 Å². The number of ketones is 1. The Balaban J connectivity index is 1.96. The molecule has 0 N–H and O–H groups in total. The second-order valence-corrected chi connectivity index (χ2v) is 5.78. The molecular weight excluding hydrogens is 308 g/mol. The number of rotatable bonds is 4. The van der Waals surface area contributed by atoms with Crippen molar-refractivity contribution < 1.29 is 14.5 Å². The molecule has 1 saturated heterocycles. The Morgan fingerprint density at radius 2 is 1.96 bits per heavy atom. The summed E-state index contributed by atoms with van der Waals surface area (Å²) in [6, 6.07) is 13.4. The number of benzene rings is 2. The van der Waals surface area contributed by atoms with Crippen molar-refractivity contribution in [2.75, 3.05) is 24.6 Å². The van der Waals surface area contributed by atoms with Crippen molar-refractivity contribution >= 4 is 17.2 Å². The molecule has 1 unspecified atom stereocenters. The third-order valence-electron chi connectivity index (χ3n) is 4.05. The largest absolute Gasteiger partial charge is 0.375 e. The van der Waals surface area contributed by atoms with Crippen molar-refractivity contribution in [2.45, 2.75) is 13.0 Å². The standard InChI is InChI=1S/C18H18N2O4/c1-13-12-19(9-10-24-13)16-8-7-15(11-17(16)20(22)23)18(21)14-5-3-2-4-6-14/h2-8,11,13H,9-10,12H2,1H3. The van der Waals surface area contributed by atoms with E-state index in [9.17, 15) is 14.9 Å². The van der Waals surface area contributed by atoms with Gasteiger partial charge in [0.1, 0.15) is 5.69 Å². The maximum Gasteiger partial charge on any atom is 0.293 e. The lowest BCUT2D eigenvalue weighted by molar-refractivity contribution is -0.384. The van der Waals surface area contributed by atoms with E-state index in [1.54, 1.807) is 36.4 Å². The topological polar surface area (TPSA) is 72.7 Å². The summed E-state index contributed by atoms with van der Waals surface area (Å²) in [5.41, 5.74) is 1.31. The number of nitro groups is 1. The summed E-state index contributed by atoms with van der Waals surface area (Å²) in [7, 11) is 0. The molecule has 0 aliphatic carbocycles. The van der Waals surface area contributed by atoms with Crippen molar-refractivity contribution in [1.82, 2.24) is 0 Å². The van der Waals surface area contributed by atoms with Crippen LogP contribution in [0.15, 0.2) is 48.5 Å². The Morgan fingerprint density at radius 1 is 1.21 bits per heavy atom. The fourth-order valence-corrected chi connectivity index (χ4v) is 2.87. The molecule has 0 aromatic heterocycles. The van der Waals surface area contributed by atoms with Gasteiger partial charge in [0.05, 0.1) is 17.6 Å². The van der Waals surface area contributed by atoms with Gasteiger partial charge in [-0.2, -0.15) is 0 Å². The highest BCUT2D eigenvalue weighted by atomic mass is 16.6. The molecule has 0 bridgehead atoms. The first-order valence-corrected chi connectivity index (χ1v) is 7.81. The zero-order chi connectivity index (χ0) is 17.1. The van der Waals surface area contributed by atoms with Gasteiger partial charge in [0.2, 0.25) is 0 Å². The van der Waals surface area contributed by atoms with Crippen LogP contribution in [0.1, 0.15) is 22.8 Å².